The van der Waals surface area contributed by atoms with E-state index in [1.165, 1.54) is 42.0 Å². The molecule has 0 aliphatic carbocycles. The van der Waals surface area contributed by atoms with E-state index >= 15 is 0 Å². The third-order valence-corrected chi connectivity index (χ3v) is 16.1. The third kappa shape index (κ3) is 35.1. The Labute approximate surface area is 696 Å². The number of phenolic OH excluding ortho intramolecular Hbond substituents is 4. The van der Waals surface area contributed by atoms with Crippen molar-refractivity contribution in [2.45, 2.75) is 33.1 Å². The van der Waals surface area contributed by atoms with Crippen molar-refractivity contribution >= 4 is 87.3 Å². The van der Waals surface area contributed by atoms with Gasteiger partial charge in [0.25, 0.3) is 46.6 Å². The average molecular weight is 1650 g/mol. The minimum Gasteiger partial charge on any atom is -0.508 e. The van der Waals surface area contributed by atoms with Crippen LogP contribution in [0.5, 0.6) is 23.0 Å². The van der Waals surface area contributed by atoms with Crippen molar-refractivity contribution in [3.63, 3.8) is 0 Å². The molecule has 11 rings (SSSR count). The van der Waals surface area contributed by atoms with Gasteiger partial charge in [-0.25, -0.2) is 14.4 Å². The highest BCUT2D eigenvalue weighted by atomic mass is 16.6. The number of nitrogens with one attached hydrogen (secondary N) is 5. The van der Waals surface area contributed by atoms with Crippen molar-refractivity contribution in [2.75, 3.05) is 69.6 Å². The van der Waals surface area contributed by atoms with Crippen LogP contribution in [-0.4, -0.2) is 130 Å². The molecule has 11 aromatic rings. The number of aromatic hydroxyl groups is 4. The number of nitrogens with zero attached hydrogens (tertiary/aromatic N) is 3. The predicted molar refractivity (Wildman–Crippen MR) is 459 cm³/mol. The number of carbonyl (C=O) groups excluding carboxylic acids is 8. The molecule has 628 valence electrons. The number of anilines is 4. The first-order valence-electron chi connectivity index (χ1n) is 36.0. The molecule has 0 saturated carbocycles. The summed E-state index contributed by atoms with van der Waals surface area (Å²) >= 11 is 0. The van der Waals surface area contributed by atoms with Gasteiger partial charge in [0.2, 0.25) is 0 Å². The van der Waals surface area contributed by atoms with E-state index in [9.17, 15) is 84.0 Å². The number of benzene rings is 11. The summed E-state index contributed by atoms with van der Waals surface area (Å²) in [5, 5.41) is 83.1. The lowest BCUT2D eigenvalue weighted by Crippen LogP contribution is -2.26. The largest absolute Gasteiger partial charge is 0.508 e. The number of methoxy groups -OCH3 is 3. The lowest BCUT2D eigenvalue weighted by atomic mass is 10.1. The minimum absolute atomic E-state index is 0. The molecule has 0 heterocycles. The Balaban J connectivity index is 0.000000317. The van der Waals surface area contributed by atoms with Crippen molar-refractivity contribution in [1.82, 2.24) is 16.0 Å². The zero-order chi connectivity index (χ0) is 88.1. The molecular formula is C89H91N11O21. The Morgan fingerprint density at radius 1 is 0.347 bits per heavy atom. The number of rotatable bonds is 24. The fourth-order valence-electron chi connectivity index (χ4n) is 10.2. The number of nitrogen functional groups attached to an aromatic ring is 2. The lowest BCUT2D eigenvalue weighted by Gasteiger charge is -2.10. The summed E-state index contributed by atoms with van der Waals surface area (Å²) in [4.78, 5) is 127. The Kier molecular flexibility index (Phi) is 41.3. The second-order valence-electron chi connectivity index (χ2n) is 24.9. The molecule has 0 unspecified atom stereocenters. The average Bonchev–Trinajstić information content (AvgIpc) is 0.842. The summed E-state index contributed by atoms with van der Waals surface area (Å²) in [5.41, 5.74) is 24.5. The Hall–Kier alpha value is -16.3. The first-order valence-corrected chi connectivity index (χ1v) is 36.0. The number of non-ortho nitro benzene ring substituents is 3. The molecule has 32 heteroatoms. The van der Waals surface area contributed by atoms with Crippen LogP contribution in [0.1, 0.15) is 113 Å². The molecule has 0 spiro atoms. The number of carbonyl (C=O) groups is 8. The zero-order valence-corrected chi connectivity index (χ0v) is 65.2. The molecule has 0 atom stereocenters. The number of nitro groups is 3. The van der Waals surface area contributed by atoms with Crippen LogP contribution in [0.2, 0.25) is 0 Å². The molecule has 11 aromatic carbocycles. The van der Waals surface area contributed by atoms with E-state index in [1.807, 2.05) is 60.7 Å². The number of ether oxygens (including phenoxy) is 3. The van der Waals surface area contributed by atoms with Crippen LogP contribution < -0.4 is 43.8 Å². The van der Waals surface area contributed by atoms with Crippen LogP contribution in [0.3, 0.4) is 0 Å². The van der Waals surface area contributed by atoms with Crippen LogP contribution in [0.15, 0.2) is 280 Å². The number of esters is 3. The van der Waals surface area contributed by atoms with Crippen molar-refractivity contribution in [3.8, 4) is 23.0 Å². The molecule has 0 bridgehead atoms. The molecule has 15 N–H and O–H groups in total. The number of nitrogens with two attached hydrogens (primary N) is 3. The molecule has 0 aliphatic rings. The van der Waals surface area contributed by atoms with Crippen molar-refractivity contribution in [2.24, 2.45) is 5.73 Å². The number of hydrogen-bond donors (Lipinski definition) is 12. The smallest absolute Gasteiger partial charge is 0.338 e. The van der Waals surface area contributed by atoms with Gasteiger partial charge in [-0.1, -0.05) is 124 Å². The standard InChI is InChI=1S/C22H19N3O5.C22H21N3O3.C17H16N2O6.C10H9NO6.C8H11NO.C6H7N.C3H4.CH4/c26-20-8-6-15(7-9-20)10-11-23-21(27)16-12-17(14-19(13-16)25(29)30)22(28)24-18-4-2-1-3-5-18;23-18-13-16(21(27)24-11-10-15-6-8-20(26)9-7-15)12-17(14-18)22(28)25-19-4-2-1-3-5-19;1-25-17(22)13-8-12(9-14(10-13)19(23)24)16(21)18-7-6-11-2-4-15(20)5-3-11;1-16-9(12)6-3-7(10(13)17-2)5-8(4-6)11(14)15;9-6-5-7-1-3-8(10)4-2-7;7-6-4-2-1-3-5-6;1-3-2;/h1-9,12-14,26H,10-11H2,(H,23,27)(H,24,28);1-9,12-14,26H,10-11,23H2,(H,24,27)(H,25,28);2-5,8-10,20H,6-7H2,1H3,(H,18,21);3-5H,1-2H3;1-4,10H,5-6,9H2;1-5H,7H2;1-2H2;1H4. The molecule has 0 saturated heterocycles. The van der Waals surface area contributed by atoms with E-state index in [2.05, 4.69) is 59.7 Å². The maximum absolute atomic E-state index is 12.5. The Bertz CT molecular complexity index is 5280. The lowest BCUT2D eigenvalue weighted by molar-refractivity contribution is -0.385. The van der Waals surface area contributed by atoms with Crippen molar-refractivity contribution < 1.29 is 87.8 Å². The van der Waals surface area contributed by atoms with Gasteiger partial charge in [0.05, 0.1) is 52.8 Å². The van der Waals surface area contributed by atoms with E-state index in [-0.39, 0.29) is 93.5 Å². The molecule has 0 fully saturated rings. The normalized spacial score (nSPS) is 9.72. The van der Waals surface area contributed by atoms with E-state index in [0.717, 1.165) is 86.5 Å². The second-order valence-corrected chi connectivity index (χ2v) is 24.9. The third-order valence-electron chi connectivity index (χ3n) is 16.1. The molecule has 0 radical (unpaired) electrons. The summed E-state index contributed by atoms with van der Waals surface area (Å²) in [6.07, 6.45) is 2.53. The summed E-state index contributed by atoms with van der Waals surface area (Å²) in [7, 11) is 3.43. The quantitative estimate of drug-likeness (QED) is 0.00667. The van der Waals surface area contributed by atoms with Gasteiger partial charge in [-0.3, -0.25) is 54.3 Å². The molecule has 32 nitrogen and oxygen atoms in total. The highest BCUT2D eigenvalue weighted by Crippen LogP contribution is 2.24. The SMILES string of the molecule is C.C=C=C.COC(=O)c1cc(C(=O)NCCc2ccc(O)cc2)cc([N+](=O)[O-])c1.COC(=O)c1cc(C(=O)OC)cc([N+](=O)[O-])c1.NCCc1ccc(O)cc1.Nc1cc(C(=O)NCCc2ccc(O)cc2)cc(C(=O)Nc2ccccc2)c1.Nc1ccccc1.O=C(NCCc1ccc(O)cc1)c1cc(C(=O)Nc2ccccc2)cc([N+](=O)[O-])c1. The van der Waals surface area contributed by atoms with Gasteiger partial charge >= 0.3 is 17.9 Å². The number of hydrogen-bond acceptors (Lipinski definition) is 24. The van der Waals surface area contributed by atoms with Gasteiger partial charge < -0.3 is 78.4 Å². The van der Waals surface area contributed by atoms with Gasteiger partial charge in [0, 0.05) is 107 Å². The first kappa shape index (κ1) is 97.0. The zero-order valence-electron chi connectivity index (χ0n) is 65.2. The second kappa shape index (κ2) is 51.5. The maximum Gasteiger partial charge on any atom is 0.338 e. The Morgan fingerprint density at radius 3 is 0.835 bits per heavy atom. The van der Waals surface area contributed by atoms with Crippen molar-refractivity contribution in [3.05, 3.63) is 377 Å². The molecule has 5 amide bonds. The molecular weight excluding hydrogens is 1560 g/mol. The molecule has 0 aromatic heterocycles. The molecule has 121 heavy (non-hydrogen) atoms. The van der Waals surface area contributed by atoms with Gasteiger partial charge in [-0.15, -0.1) is 5.73 Å². The van der Waals surface area contributed by atoms with Crippen LogP contribution in [-0.2, 0) is 39.9 Å². The fraction of sp³-hybridized carbons (Fsp3) is 0.135. The summed E-state index contributed by atoms with van der Waals surface area (Å²) in [6.45, 7) is 7.91. The summed E-state index contributed by atoms with van der Waals surface area (Å²) < 4.78 is 13.4. The van der Waals surface area contributed by atoms with Crippen LogP contribution in [0.4, 0.5) is 39.8 Å². The highest BCUT2D eigenvalue weighted by Gasteiger charge is 2.22. The number of phenols is 4. The van der Waals surface area contributed by atoms with Gasteiger partial charge in [0.1, 0.15) is 23.0 Å². The number of amides is 5. The first-order chi connectivity index (χ1) is 57.5. The summed E-state index contributed by atoms with van der Waals surface area (Å²) in [6, 6.07) is 69.0. The van der Waals surface area contributed by atoms with Crippen molar-refractivity contribution in [1.29, 1.82) is 0 Å². The van der Waals surface area contributed by atoms with Gasteiger partial charge in [-0.2, -0.15) is 0 Å². The minimum atomic E-state index is -0.765. The van der Waals surface area contributed by atoms with E-state index in [0.29, 0.717) is 72.8 Å². The summed E-state index contributed by atoms with van der Waals surface area (Å²) in [5.74, 6) is -3.73. The van der Waals surface area contributed by atoms with Crippen LogP contribution >= 0.6 is 0 Å². The topological polar surface area (TPSA) is 513 Å². The fourth-order valence-corrected chi connectivity index (χ4v) is 10.2. The maximum atomic E-state index is 12.5. The highest BCUT2D eigenvalue weighted by molar-refractivity contribution is 6.08. The predicted octanol–water partition coefficient (Wildman–Crippen LogP) is 13.7. The van der Waals surface area contributed by atoms with Gasteiger partial charge in [-0.05, 0) is 176 Å². The van der Waals surface area contributed by atoms with Crippen LogP contribution in [0, 0.1) is 30.3 Å². The Morgan fingerprint density at radius 2 is 0.579 bits per heavy atom. The van der Waals surface area contributed by atoms with E-state index in [1.54, 1.807) is 127 Å². The number of para-hydroxylation sites is 3. The van der Waals surface area contributed by atoms with E-state index in [4.69, 9.17) is 22.3 Å². The van der Waals surface area contributed by atoms with E-state index < -0.39 is 50.4 Å². The van der Waals surface area contributed by atoms with Gasteiger partial charge in [0.15, 0.2) is 0 Å². The van der Waals surface area contributed by atoms with Crippen LogP contribution in [0.25, 0.3) is 0 Å². The molecule has 0 aliphatic heterocycles. The number of nitro benzene ring substituents is 3. The monoisotopic (exact) mass is 1650 g/mol.